The van der Waals surface area contributed by atoms with Crippen LogP contribution in [-0.4, -0.2) is 28.2 Å². The Morgan fingerprint density at radius 2 is 1.64 bits per heavy atom. The van der Waals surface area contributed by atoms with Crippen molar-refractivity contribution < 1.29 is 9.47 Å². The summed E-state index contributed by atoms with van der Waals surface area (Å²) >= 11 is 0. The summed E-state index contributed by atoms with van der Waals surface area (Å²) in [6, 6.07) is 32.9. The van der Waals surface area contributed by atoms with Crippen molar-refractivity contribution in [2.75, 3.05) is 17.0 Å². The third-order valence-electron chi connectivity index (χ3n) is 7.98. The van der Waals surface area contributed by atoms with Crippen LogP contribution in [0.4, 0.5) is 22.9 Å². The van der Waals surface area contributed by atoms with Gasteiger partial charge in [-0.3, -0.25) is 0 Å². The van der Waals surface area contributed by atoms with Crippen molar-refractivity contribution in [2.24, 2.45) is 9.98 Å². The van der Waals surface area contributed by atoms with Crippen molar-refractivity contribution in [1.29, 1.82) is 0 Å². The summed E-state index contributed by atoms with van der Waals surface area (Å²) in [6.45, 7) is 4.47. The van der Waals surface area contributed by atoms with Crippen molar-refractivity contribution in [3.05, 3.63) is 119 Å². The molecular formula is C34H28N6O2. The lowest BCUT2D eigenvalue weighted by Crippen LogP contribution is -2.46. The van der Waals surface area contributed by atoms with Gasteiger partial charge in [-0.1, -0.05) is 61.5 Å². The monoisotopic (exact) mass is 552 g/mol. The molecule has 3 aliphatic heterocycles. The molecule has 4 heterocycles. The van der Waals surface area contributed by atoms with Crippen molar-refractivity contribution in [1.82, 2.24) is 9.78 Å². The van der Waals surface area contributed by atoms with Crippen LogP contribution in [-0.2, 0) is 6.42 Å². The van der Waals surface area contributed by atoms with Crippen molar-refractivity contribution >= 4 is 34.6 Å². The summed E-state index contributed by atoms with van der Waals surface area (Å²) in [6.07, 6.45) is 0.983. The van der Waals surface area contributed by atoms with Gasteiger partial charge in [-0.15, -0.1) is 0 Å². The summed E-state index contributed by atoms with van der Waals surface area (Å²) in [7, 11) is 0. The number of nitrogens with zero attached hydrogens (tertiary/aromatic N) is 5. The Balaban J connectivity index is 1.35. The van der Waals surface area contributed by atoms with Gasteiger partial charge in [0.15, 0.2) is 29.0 Å². The van der Waals surface area contributed by atoms with Gasteiger partial charge in [0, 0.05) is 17.3 Å². The summed E-state index contributed by atoms with van der Waals surface area (Å²) in [5.74, 6) is 3.60. The number of fused-ring (bicyclic) bond motifs is 5. The van der Waals surface area contributed by atoms with Crippen LogP contribution >= 0.6 is 0 Å². The number of hydrogen-bond acceptors (Lipinski definition) is 7. The van der Waals surface area contributed by atoms with Gasteiger partial charge in [-0.2, -0.15) is 5.10 Å². The van der Waals surface area contributed by atoms with E-state index in [1.54, 1.807) is 0 Å². The quantitative estimate of drug-likeness (QED) is 0.254. The molecule has 8 rings (SSSR count). The first-order valence-corrected chi connectivity index (χ1v) is 14.1. The molecule has 0 fully saturated rings. The van der Waals surface area contributed by atoms with E-state index >= 15 is 0 Å². The first kappa shape index (κ1) is 24.4. The Bertz CT molecular complexity index is 1890. The van der Waals surface area contributed by atoms with E-state index in [9.17, 15) is 0 Å². The van der Waals surface area contributed by atoms with Crippen LogP contribution in [0.3, 0.4) is 0 Å². The first-order valence-electron chi connectivity index (χ1n) is 14.1. The number of aliphatic imine (C=N–C) groups is 2. The molecule has 1 aromatic heterocycles. The molecule has 4 aromatic carbocycles. The van der Waals surface area contributed by atoms with E-state index in [1.165, 1.54) is 5.56 Å². The number of hydrogen-bond donors (Lipinski definition) is 1. The second kappa shape index (κ2) is 9.62. The van der Waals surface area contributed by atoms with Crippen LogP contribution in [0.2, 0.25) is 0 Å². The molecule has 42 heavy (non-hydrogen) atoms. The number of para-hydroxylation sites is 3. The van der Waals surface area contributed by atoms with E-state index in [2.05, 4.69) is 72.6 Å². The van der Waals surface area contributed by atoms with Gasteiger partial charge < -0.3 is 19.7 Å². The largest absolute Gasteiger partial charge is 0.454 e. The number of aryl methyl sites for hydroxylation is 2. The average molecular weight is 553 g/mol. The molecule has 0 unspecified atom stereocenters. The molecule has 0 radical (unpaired) electrons. The zero-order chi connectivity index (χ0) is 28.2. The lowest BCUT2D eigenvalue weighted by molar-refractivity contribution is 0.174. The van der Waals surface area contributed by atoms with E-state index in [0.717, 1.165) is 63.4 Å². The maximum absolute atomic E-state index is 5.64. The third-order valence-corrected chi connectivity index (χ3v) is 7.98. The SMILES string of the molecule is CCc1ccc([C@@H]2c3c(C)nn(-c4ccccc4)c3N=C3C(Nc4ccc5c(c4)OCO5)=Nc4ccccc4N32)cc1. The minimum Gasteiger partial charge on any atom is -0.454 e. The van der Waals surface area contributed by atoms with E-state index in [1.807, 2.05) is 53.2 Å². The topological polar surface area (TPSA) is 76.3 Å². The van der Waals surface area contributed by atoms with Gasteiger partial charge in [0.25, 0.3) is 0 Å². The van der Waals surface area contributed by atoms with E-state index in [-0.39, 0.29) is 12.8 Å². The molecule has 206 valence electrons. The smallest absolute Gasteiger partial charge is 0.231 e. The molecule has 0 saturated carbocycles. The standard InChI is InChI=1S/C34H28N6O2/c1-3-22-13-15-23(16-14-22)31-30-21(2)38-40(25-9-5-4-6-10-25)33(30)37-34-32(36-26-11-7-8-12-27(26)39(31)34)35-24-17-18-28-29(19-24)42-20-41-28/h4-19,31H,3,20H2,1-2H3,(H,35,36)/t31-/m1/s1. The molecule has 1 N–H and O–H groups in total. The van der Waals surface area contributed by atoms with E-state index in [0.29, 0.717) is 11.6 Å². The number of ether oxygens (including phenoxy) is 2. The highest BCUT2D eigenvalue weighted by atomic mass is 16.7. The Hall–Kier alpha value is -5.37. The van der Waals surface area contributed by atoms with Crippen molar-refractivity contribution in [3.8, 4) is 17.2 Å². The fourth-order valence-electron chi connectivity index (χ4n) is 5.91. The molecule has 0 aliphatic carbocycles. The Morgan fingerprint density at radius 3 is 2.48 bits per heavy atom. The zero-order valence-corrected chi connectivity index (χ0v) is 23.3. The van der Waals surface area contributed by atoms with Gasteiger partial charge in [0.1, 0.15) is 0 Å². The molecule has 0 saturated heterocycles. The molecule has 1 atom stereocenters. The van der Waals surface area contributed by atoms with Gasteiger partial charge in [-0.05, 0) is 60.9 Å². The number of amidine groups is 2. The molecule has 5 aromatic rings. The summed E-state index contributed by atoms with van der Waals surface area (Å²) < 4.78 is 13.1. The highest BCUT2D eigenvalue weighted by molar-refractivity contribution is 6.51. The molecule has 3 aliphatic rings. The van der Waals surface area contributed by atoms with Crippen LogP contribution in [0, 0.1) is 6.92 Å². The summed E-state index contributed by atoms with van der Waals surface area (Å²) in [5.41, 5.74) is 8.13. The van der Waals surface area contributed by atoms with Gasteiger partial charge >= 0.3 is 0 Å². The number of nitrogens with one attached hydrogen (secondary N) is 1. The van der Waals surface area contributed by atoms with E-state index in [4.69, 9.17) is 24.6 Å². The van der Waals surface area contributed by atoms with Crippen LogP contribution in [0.5, 0.6) is 11.5 Å². The summed E-state index contributed by atoms with van der Waals surface area (Å²) in [5, 5.41) is 8.58. The average Bonchev–Trinajstić information content (AvgIpc) is 3.64. The first-order chi connectivity index (χ1) is 20.7. The van der Waals surface area contributed by atoms with Crippen molar-refractivity contribution in [2.45, 2.75) is 26.3 Å². The maximum Gasteiger partial charge on any atom is 0.231 e. The number of rotatable bonds is 4. The number of aromatic nitrogens is 2. The molecule has 8 nitrogen and oxygen atoms in total. The van der Waals surface area contributed by atoms with Gasteiger partial charge in [-0.25, -0.2) is 14.7 Å². The lowest BCUT2D eigenvalue weighted by atomic mass is 9.92. The van der Waals surface area contributed by atoms with Gasteiger partial charge in [0.2, 0.25) is 6.79 Å². The maximum atomic E-state index is 5.64. The minimum absolute atomic E-state index is 0.166. The summed E-state index contributed by atoms with van der Waals surface area (Å²) in [4.78, 5) is 12.7. The Labute approximate surface area is 243 Å². The lowest BCUT2D eigenvalue weighted by Gasteiger charge is -2.40. The normalized spacial score (nSPS) is 16.2. The van der Waals surface area contributed by atoms with Crippen LogP contribution in [0.25, 0.3) is 5.69 Å². The van der Waals surface area contributed by atoms with Crippen LogP contribution < -0.4 is 19.7 Å². The van der Waals surface area contributed by atoms with Crippen molar-refractivity contribution in [3.63, 3.8) is 0 Å². The predicted octanol–water partition coefficient (Wildman–Crippen LogP) is 7.27. The second-order valence-electron chi connectivity index (χ2n) is 10.5. The second-order valence-corrected chi connectivity index (χ2v) is 10.5. The molecule has 0 amide bonds. The molecular weight excluding hydrogens is 524 g/mol. The zero-order valence-electron chi connectivity index (χ0n) is 23.3. The molecule has 0 spiro atoms. The molecule has 0 bridgehead atoms. The Morgan fingerprint density at radius 1 is 0.857 bits per heavy atom. The van der Waals surface area contributed by atoms with Crippen LogP contribution in [0.1, 0.15) is 35.3 Å². The molecule has 8 heteroatoms. The van der Waals surface area contributed by atoms with Gasteiger partial charge in [0.05, 0.1) is 28.8 Å². The van der Waals surface area contributed by atoms with Crippen LogP contribution in [0.15, 0.2) is 107 Å². The number of benzene rings is 4. The fraction of sp³-hybridized carbons (Fsp3) is 0.147. The number of anilines is 2. The predicted molar refractivity (Wildman–Crippen MR) is 165 cm³/mol. The van der Waals surface area contributed by atoms with E-state index < -0.39 is 0 Å². The minimum atomic E-state index is -0.166. The highest BCUT2D eigenvalue weighted by Gasteiger charge is 2.41. The third kappa shape index (κ3) is 3.87. The Kier molecular flexibility index (Phi) is 5.60. The highest BCUT2D eigenvalue weighted by Crippen LogP contribution is 2.48. The fourth-order valence-corrected chi connectivity index (χ4v) is 5.91.